The van der Waals surface area contributed by atoms with Crippen LogP contribution in [0, 0.1) is 5.92 Å². The average Bonchev–Trinajstić information content (AvgIpc) is 1.95. The first-order chi connectivity index (χ1) is 7.41. The summed E-state index contributed by atoms with van der Waals surface area (Å²) in [5.74, 6) is -0.564. The topological polar surface area (TPSA) is 46.3 Å². The summed E-state index contributed by atoms with van der Waals surface area (Å²) in [6.45, 7) is 5.65. The number of halogens is 3. The Labute approximate surface area is 100 Å². The van der Waals surface area contributed by atoms with Crippen molar-refractivity contribution >= 4 is 5.91 Å². The zero-order chi connectivity index (χ0) is 13.9. The first kappa shape index (κ1) is 16.2. The number of amides is 1. The van der Waals surface area contributed by atoms with Gasteiger partial charge in [-0.3, -0.25) is 4.79 Å². The quantitative estimate of drug-likeness (QED) is 0.817. The van der Waals surface area contributed by atoms with Gasteiger partial charge in [-0.1, -0.05) is 13.8 Å². The molecule has 0 radical (unpaired) electrons. The van der Waals surface area contributed by atoms with Crippen molar-refractivity contribution in [3.05, 3.63) is 0 Å². The fraction of sp³-hybridized carbons (Fsp3) is 0.909. The lowest BCUT2D eigenvalue weighted by Crippen LogP contribution is -2.45. The first-order valence-electron chi connectivity index (χ1n) is 5.54. The molecule has 0 saturated carbocycles. The lowest BCUT2D eigenvalue weighted by Gasteiger charge is -2.28. The third-order valence-electron chi connectivity index (χ3n) is 1.92. The van der Waals surface area contributed by atoms with Crippen molar-refractivity contribution in [3.63, 3.8) is 0 Å². The number of carbonyl (C=O) groups excluding carboxylic acids is 1. The second kappa shape index (κ2) is 5.71. The van der Waals surface area contributed by atoms with Crippen LogP contribution in [-0.4, -0.2) is 35.6 Å². The Kier molecular flexibility index (Phi) is 5.45. The van der Waals surface area contributed by atoms with E-state index >= 15 is 0 Å². The highest BCUT2D eigenvalue weighted by atomic mass is 19.4. The summed E-state index contributed by atoms with van der Waals surface area (Å²) in [5, 5.41) is 0. The third kappa shape index (κ3) is 8.97. The molecule has 0 fully saturated rings. The number of nitrogens with two attached hydrogens (primary N) is 1. The van der Waals surface area contributed by atoms with E-state index in [1.165, 1.54) is 0 Å². The summed E-state index contributed by atoms with van der Waals surface area (Å²) < 4.78 is 37.0. The molecule has 0 spiro atoms. The number of nitrogens with zero attached hydrogens (tertiary/aromatic N) is 1. The van der Waals surface area contributed by atoms with Crippen LogP contribution >= 0.6 is 0 Å². The minimum Gasteiger partial charge on any atom is -0.333 e. The summed E-state index contributed by atoms with van der Waals surface area (Å²) in [4.78, 5) is 12.6. The standard InChI is InChI=1S/C11H21F3N2O/c1-8(2)6-16(7-11(12,13)14)9(17)5-10(3,4)15/h8H,5-7,15H2,1-4H3. The van der Waals surface area contributed by atoms with Gasteiger partial charge in [0.05, 0.1) is 0 Å². The van der Waals surface area contributed by atoms with Gasteiger partial charge in [-0.15, -0.1) is 0 Å². The van der Waals surface area contributed by atoms with E-state index < -0.39 is 24.2 Å². The number of rotatable bonds is 5. The maximum atomic E-state index is 12.3. The van der Waals surface area contributed by atoms with Crippen LogP contribution in [0.5, 0.6) is 0 Å². The second-order valence-electron chi connectivity index (χ2n) is 5.45. The van der Waals surface area contributed by atoms with Gasteiger partial charge in [0.25, 0.3) is 0 Å². The molecule has 0 aliphatic rings. The Morgan fingerprint density at radius 3 is 2.06 bits per heavy atom. The van der Waals surface area contributed by atoms with Crippen LogP contribution in [0.25, 0.3) is 0 Å². The Morgan fingerprint density at radius 2 is 1.76 bits per heavy atom. The molecule has 0 aromatic carbocycles. The maximum absolute atomic E-state index is 12.3. The molecule has 0 aliphatic carbocycles. The van der Waals surface area contributed by atoms with Crippen LogP contribution in [0.1, 0.15) is 34.1 Å². The molecular formula is C11H21F3N2O. The normalized spacial score (nSPS) is 13.0. The molecule has 0 aromatic rings. The molecule has 0 atom stereocenters. The van der Waals surface area contributed by atoms with Crippen LogP contribution < -0.4 is 5.73 Å². The van der Waals surface area contributed by atoms with E-state index in [0.29, 0.717) is 0 Å². The Balaban J connectivity index is 4.63. The molecule has 6 heteroatoms. The van der Waals surface area contributed by atoms with Gasteiger partial charge >= 0.3 is 6.18 Å². The van der Waals surface area contributed by atoms with E-state index in [1.54, 1.807) is 27.7 Å². The molecule has 0 bridgehead atoms. The lowest BCUT2D eigenvalue weighted by atomic mass is 10.0. The van der Waals surface area contributed by atoms with Crippen LogP contribution in [0.4, 0.5) is 13.2 Å². The second-order valence-corrected chi connectivity index (χ2v) is 5.45. The molecule has 1 amide bonds. The molecule has 3 nitrogen and oxygen atoms in total. The maximum Gasteiger partial charge on any atom is 0.406 e. The van der Waals surface area contributed by atoms with Crippen LogP contribution in [0.15, 0.2) is 0 Å². The zero-order valence-corrected chi connectivity index (χ0v) is 10.8. The zero-order valence-electron chi connectivity index (χ0n) is 10.8. The van der Waals surface area contributed by atoms with Gasteiger partial charge in [0.1, 0.15) is 6.54 Å². The fourth-order valence-electron chi connectivity index (χ4n) is 1.41. The van der Waals surface area contributed by atoms with Crippen molar-refractivity contribution in [2.75, 3.05) is 13.1 Å². The van der Waals surface area contributed by atoms with Crippen molar-refractivity contribution in [2.45, 2.75) is 45.8 Å². The van der Waals surface area contributed by atoms with Gasteiger partial charge in [0.15, 0.2) is 0 Å². The van der Waals surface area contributed by atoms with Crippen LogP contribution in [0.2, 0.25) is 0 Å². The van der Waals surface area contributed by atoms with E-state index in [4.69, 9.17) is 5.73 Å². The Bertz CT molecular complexity index is 256. The lowest BCUT2D eigenvalue weighted by molar-refractivity contribution is -0.162. The molecule has 17 heavy (non-hydrogen) atoms. The molecule has 0 unspecified atom stereocenters. The van der Waals surface area contributed by atoms with E-state index in [1.807, 2.05) is 0 Å². The monoisotopic (exact) mass is 254 g/mol. The Hall–Kier alpha value is -0.780. The molecule has 0 heterocycles. The van der Waals surface area contributed by atoms with Crippen LogP contribution in [-0.2, 0) is 4.79 Å². The molecular weight excluding hydrogens is 233 g/mol. The number of hydrogen-bond acceptors (Lipinski definition) is 2. The van der Waals surface area contributed by atoms with Crippen molar-refractivity contribution in [1.82, 2.24) is 4.90 Å². The molecule has 102 valence electrons. The van der Waals surface area contributed by atoms with Crippen molar-refractivity contribution in [2.24, 2.45) is 11.7 Å². The SMILES string of the molecule is CC(C)CN(CC(F)(F)F)C(=O)CC(C)(C)N. The highest BCUT2D eigenvalue weighted by Crippen LogP contribution is 2.19. The average molecular weight is 254 g/mol. The highest BCUT2D eigenvalue weighted by Gasteiger charge is 2.34. The first-order valence-corrected chi connectivity index (χ1v) is 5.54. The number of carbonyl (C=O) groups is 1. The van der Waals surface area contributed by atoms with Gasteiger partial charge in [-0.25, -0.2) is 0 Å². The molecule has 0 saturated heterocycles. The van der Waals surface area contributed by atoms with Gasteiger partial charge in [0.2, 0.25) is 5.91 Å². The summed E-state index contributed by atoms with van der Waals surface area (Å²) in [7, 11) is 0. The predicted octanol–water partition coefficient (Wildman–Crippen LogP) is 2.16. The van der Waals surface area contributed by atoms with E-state index in [9.17, 15) is 18.0 Å². The molecule has 0 rings (SSSR count). The molecule has 0 aromatic heterocycles. The largest absolute Gasteiger partial charge is 0.406 e. The summed E-state index contributed by atoms with van der Waals surface area (Å²) in [6, 6.07) is 0. The van der Waals surface area contributed by atoms with Gasteiger partial charge in [0, 0.05) is 18.5 Å². The van der Waals surface area contributed by atoms with Gasteiger partial charge < -0.3 is 10.6 Å². The van der Waals surface area contributed by atoms with Crippen molar-refractivity contribution in [3.8, 4) is 0 Å². The van der Waals surface area contributed by atoms with Crippen LogP contribution in [0.3, 0.4) is 0 Å². The fourth-order valence-corrected chi connectivity index (χ4v) is 1.41. The van der Waals surface area contributed by atoms with Gasteiger partial charge in [-0.05, 0) is 19.8 Å². The summed E-state index contributed by atoms with van der Waals surface area (Å²) in [6.07, 6.45) is -4.46. The minimum absolute atomic E-state index is 0.0119. The number of alkyl halides is 3. The van der Waals surface area contributed by atoms with Crippen molar-refractivity contribution < 1.29 is 18.0 Å². The van der Waals surface area contributed by atoms with Crippen molar-refractivity contribution in [1.29, 1.82) is 0 Å². The smallest absolute Gasteiger partial charge is 0.333 e. The highest BCUT2D eigenvalue weighted by molar-refractivity contribution is 5.77. The van der Waals surface area contributed by atoms with E-state index in [0.717, 1.165) is 4.90 Å². The van der Waals surface area contributed by atoms with E-state index in [-0.39, 0.29) is 18.9 Å². The molecule has 2 N–H and O–H groups in total. The summed E-state index contributed by atoms with van der Waals surface area (Å²) in [5.41, 5.74) is 4.85. The third-order valence-corrected chi connectivity index (χ3v) is 1.92. The summed E-state index contributed by atoms with van der Waals surface area (Å²) >= 11 is 0. The predicted molar refractivity (Wildman–Crippen MR) is 60.4 cm³/mol. The van der Waals surface area contributed by atoms with Gasteiger partial charge in [-0.2, -0.15) is 13.2 Å². The Morgan fingerprint density at radius 1 is 1.29 bits per heavy atom. The minimum atomic E-state index is -4.37. The number of hydrogen-bond donors (Lipinski definition) is 1. The molecule has 0 aliphatic heterocycles. The van der Waals surface area contributed by atoms with E-state index in [2.05, 4.69) is 0 Å².